The first kappa shape index (κ1) is 21.3. The quantitative estimate of drug-likeness (QED) is 0.678. The number of amides is 1. The summed E-state index contributed by atoms with van der Waals surface area (Å²) >= 11 is 0. The third-order valence-corrected chi connectivity index (χ3v) is 5.08. The number of nitrogens with zero attached hydrogens (tertiary/aromatic N) is 3. The molecule has 0 unspecified atom stereocenters. The molecule has 0 bridgehead atoms. The maximum absolute atomic E-state index is 12.9. The molecule has 2 N–H and O–H groups in total. The minimum atomic E-state index is -0.131. The van der Waals surface area contributed by atoms with Gasteiger partial charge in [-0.1, -0.05) is 20.8 Å². The van der Waals surface area contributed by atoms with Crippen LogP contribution >= 0.6 is 12.4 Å². The molecule has 1 aliphatic rings. The summed E-state index contributed by atoms with van der Waals surface area (Å²) in [6.45, 7) is 7.90. The Labute approximate surface area is 176 Å². The van der Waals surface area contributed by atoms with Gasteiger partial charge in [-0.05, 0) is 29.2 Å². The monoisotopic (exact) mass is 417 g/mol. The Morgan fingerprint density at radius 3 is 2.83 bits per heavy atom. The summed E-state index contributed by atoms with van der Waals surface area (Å²) in [6.07, 6.45) is 4.59. The van der Waals surface area contributed by atoms with E-state index in [1.165, 1.54) is 0 Å². The first-order valence-electron chi connectivity index (χ1n) is 9.68. The highest BCUT2D eigenvalue weighted by Gasteiger charge is 2.34. The molecule has 8 heteroatoms. The van der Waals surface area contributed by atoms with Gasteiger partial charge >= 0.3 is 0 Å². The fraction of sp³-hybridized carbons (Fsp3) is 0.476. The van der Waals surface area contributed by atoms with Gasteiger partial charge in [0.1, 0.15) is 5.52 Å². The van der Waals surface area contributed by atoms with Gasteiger partial charge < -0.3 is 15.1 Å². The van der Waals surface area contributed by atoms with Gasteiger partial charge in [0, 0.05) is 44.4 Å². The van der Waals surface area contributed by atoms with Crippen molar-refractivity contribution in [1.29, 1.82) is 0 Å². The van der Waals surface area contributed by atoms with E-state index in [4.69, 9.17) is 4.42 Å². The molecule has 2 atom stereocenters. The summed E-state index contributed by atoms with van der Waals surface area (Å²) in [4.78, 5) is 17.5. The van der Waals surface area contributed by atoms with Crippen LogP contribution in [-0.4, -0.2) is 33.8 Å². The van der Waals surface area contributed by atoms with Crippen LogP contribution in [0.15, 0.2) is 35.0 Å². The number of hydrogen-bond acceptors (Lipinski definition) is 5. The van der Waals surface area contributed by atoms with Crippen LogP contribution in [0.5, 0.6) is 0 Å². The molecule has 0 radical (unpaired) electrons. The number of aromatic nitrogens is 3. The number of hydrogen-bond donors (Lipinski definition) is 2. The van der Waals surface area contributed by atoms with Gasteiger partial charge in [0.05, 0.1) is 12.1 Å². The maximum atomic E-state index is 12.9. The lowest BCUT2D eigenvalue weighted by Crippen LogP contribution is -2.28. The summed E-state index contributed by atoms with van der Waals surface area (Å²) in [5.74, 6) is 0.732. The highest BCUT2D eigenvalue weighted by Crippen LogP contribution is 2.30. The molecule has 1 saturated heterocycles. The van der Waals surface area contributed by atoms with Gasteiger partial charge in [-0.25, -0.2) is 4.98 Å². The van der Waals surface area contributed by atoms with Crippen LogP contribution in [0.3, 0.4) is 0 Å². The van der Waals surface area contributed by atoms with E-state index in [-0.39, 0.29) is 35.6 Å². The third-order valence-electron chi connectivity index (χ3n) is 5.08. The lowest BCUT2D eigenvalue weighted by atomic mass is 9.90. The summed E-state index contributed by atoms with van der Waals surface area (Å²) < 4.78 is 7.61. The predicted octanol–water partition coefficient (Wildman–Crippen LogP) is 3.51. The number of fused-ring (bicyclic) bond motifs is 1. The minimum Gasteiger partial charge on any atom is -0.441 e. The first-order valence-corrected chi connectivity index (χ1v) is 9.68. The van der Waals surface area contributed by atoms with Crippen LogP contribution in [0, 0.1) is 11.3 Å². The maximum Gasteiger partial charge on any atom is 0.229 e. The Balaban J connectivity index is 0.00000240. The van der Waals surface area contributed by atoms with E-state index in [0.29, 0.717) is 6.54 Å². The molecule has 156 valence electrons. The van der Waals surface area contributed by atoms with Crippen molar-refractivity contribution >= 4 is 35.1 Å². The number of benzene rings is 1. The smallest absolute Gasteiger partial charge is 0.229 e. The Hall–Kier alpha value is -2.38. The number of halogens is 1. The highest BCUT2D eigenvalue weighted by atomic mass is 35.5. The van der Waals surface area contributed by atoms with E-state index in [1.807, 2.05) is 37.6 Å². The van der Waals surface area contributed by atoms with Crippen LogP contribution in [0.1, 0.15) is 38.1 Å². The molecule has 3 heterocycles. The van der Waals surface area contributed by atoms with Crippen molar-refractivity contribution < 1.29 is 9.21 Å². The molecular formula is C21H28ClN5O2. The molecule has 4 rings (SSSR count). The molecule has 0 aliphatic carbocycles. The number of anilines is 1. The fourth-order valence-corrected chi connectivity index (χ4v) is 3.75. The second-order valence-electron chi connectivity index (χ2n) is 8.84. The van der Waals surface area contributed by atoms with Crippen molar-refractivity contribution in [3.8, 4) is 0 Å². The van der Waals surface area contributed by atoms with Crippen LogP contribution in [0.4, 0.5) is 5.69 Å². The topological polar surface area (TPSA) is 85.0 Å². The van der Waals surface area contributed by atoms with Crippen molar-refractivity contribution in [1.82, 2.24) is 20.1 Å². The lowest BCUT2D eigenvalue weighted by Gasteiger charge is -2.17. The molecule has 7 nitrogen and oxygen atoms in total. The summed E-state index contributed by atoms with van der Waals surface area (Å²) in [5.41, 5.74) is 3.45. The molecule has 1 amide bonds. The Morgan fingerprint density at radius 2 is 2.14 bits per heavy atom. The number of carbonyl (C=O) groups is 1. The van der Waals surface area contributed by atoms with Crippen molar-refractivity contribution in [2.45, 2.75) is 33.1 Å². The van der Waals surface area contributed by atoms with Gasteiger partial charge in [-0.15, -0.1) is 12.4 Å². The van der Waals surface area contributed by atoms with Crippen molar-refractivity contribution in [2.75, 3.05) is 18.4 Å². The average Bonchev–Trinajstić information content (AvgIpc) is 3.31. The van der Waals surface area contributed by atoms with E-state index < -0.39 is 0 Å². The first-order chi connectivity index (χ1) is 13.3. The van der Waals surface area contributed by atoms with Gasteiger partial charge in [0.2, 0.25) is 5.91 Å². The predicted molar refractivity (Wildman–Crippen MR) is 115 cm³/mol. The Kier molecular flexibility index (Phi) is 6.00. The second kappa shape index (κ2) is 8.16. The number of aryl methyl sites for hydroxylation is 1. The molecule has 0 saturated carbocycles. The van der Waals surface area contributed by atoms with Crippen molar-refractivity contribution in [2.24, 2.45) is 18.4 Å². The zero-order valence-corrected chi connectivity index (χ0v) is 18.0. The molecule has 1 aliphatic heterocycles. The van der Waals surface area contributed by atoms with E-state index in [1.54, 1.807) is 4.68 Å². The van der Waals surface area contributed by atoms with Crippen LogP contribution in [-0.2, 0) is 18.3 Å². The SMILES string of the molecule is Cl.Cn1cc([C@H]2CNC[C@@H]2C(=O)Nc2ccc3oc(CC(C)(C)C)nc3c2)cn1. The summed E-state index contributed by atoms with van der Waals surface area (Å²) in [6, 6.07) is 5.62. The molecular weight excluding hydrogens is 390 g/mol. The van der Waals surface area contributed by atoms with Crippen LogP contribution in [0.25, 0.3) is 11.1 Å². The van der Waals surface area contributed by atoms with Crippen molar-refractivity contribution in [3.63, 3.8) is 0 Å². The molecule has 2 aromatic heterocycles. The fourth-order valence-electron chi connectivity index (χ4n) is 3.75. The van der Waals surface area contributed by atoms with E-state index in [9.17, 15) is 4.79 Å². The van der Waals surface area contributed by atoms with Crippen LogP contribution in [0.2, 0.25) is 0 Å². The molecule has 1 aromatic carbocycles. The minimum absolute atomic E-state index is 0. The third kappa shape index (κ3) is 4.79. The van der Waals surface area contributed by atoms with Gasteiger partial charge in [-0.2, -0.15) is 5.10 Å². The largest absolute Gasteiger partial charge is 0.441 e. The Bertz CT molecular complexity index is 1000. The zero-order valence-electron chi connectivity index (χ0n) is 17.2. The van der Waals surface area contributed by atoms with Gasteiger partial charge in [0.25, 0.3) is 0 Å². The number of nitrogens with one attached hydrogen (secondary N) is 2. The summed E-state index contributed by atoms with van der Waals surface area (Å²) in [5, 5.41) is 10.6. The number of rotatable bonds is 4. The van der Waals surface area contributed by atoms with Gasteiger partial charge in [-0.3, -0.25) is 9.48 Å². The highest BCUT2D eigenvalue weighted by molar-refractivity contribution is 5.95. The molecule has 3 aromatic rings. The number of oxazole rings is 1. The van der Waals surface area contributed by atoms with E-state index >= 15 is 0 Å². The number of carbonyl (C=O) groups excluding carboxylic acids is 1. The Morgan fingerprint density at radius 1 is 1.34 bits per heavy atom. The zero-order chi connectivity index (χ0) is 19.9. The van der Waals surface area contributed by atoms with E-state index in [2.05, 4.69) is 41.5 Å². The normalized spacial score (nSPS) is 19.3. The van der Waals surface area contributed by atoms with E-state index in [0.717, 1.165) is 41.2 Å². The lowest BCUT2D eigenvalue weighted by molar-refractivity contribution is -0.119. The average molecular weight is 418 g/mol. The summed E-state index contributed by atoms with van der Waals surface area (Å²) in [7, 11) is 1.89. The standard InChI is InChI=1S/C21H27N5O2.ClH/c1-21(2,3)8-19-25-17-7-14(5-6-18(17)28-19)24-20(27)16-11-22-10-15(16)13-9-23-26(4)12-13;/h5-7,9,12,15-16,22H,8,10-11H2,1-4H3,(H,24,27);1H/t15-,16+;/m1./s1. The van der Waals surface area contributed by atoms with Gasteiger partial charge in [0.15, 0.2) is 11.5 Å². The molecule has 29 heavy (non-hydrogen) atoms. The van der Waals surface area contributed by atoms with Crippen molar-refractivity contribution in [3.05, 3.63) is 42.0 Å². The van der Waals surface area contributed by atoms with Crippen LogP contribution < -0.4 is 10.6 Å². The molecule has 1 fully saturated rings. The molecule has 0 spiro atoms. The second-order valence-corrected chi connectivity index (χ2v) is 8.84.